The van der Waals surface area contributed by atoms with Crippen molar-refractivity contribution < 1.29 is 13.9 Å². The molecule has 0 spiro atoms. The van der Waals surface area contributed by atoms with Gasteiger partial charge in [-0.15, -0.1) is 10.2 Å². The number of amides is 2. The lowest BCUT2D eigenvalue weighted by molar-refractivity contribution is -0.0276. The van der Waals surface area contributed by atoms with E-state index in [0.29, 0.717) is 37.3 Å². The molecule has 0 bridgehead atoms. The molecule has 0 aliphatic carbocycles. The summed E-state index contributed by atoms with van der Waals surface area (Å²) < 4.78 is 11.3. The number of rotatable bonds is 3. The number of morpholine rings is 1. The predicted molar refractivity (Wildman–Crippen MR) is 86.6 cm³/mol. The fourth-order valence-electron chi connectivity index (χ4n) is 2.39. The van der Waals surface area contributed by atoms with E-state index in [-0.39, 0.29) is 11.9 Å². The Balaban J connectivity index is 1.65. The molecule has 128 valence electrons. The van der Waals surface area contributed by atoms with Crippen molar-refractivity contribution in [2.24, 2.45) is 0 Å². The maximum absolute atomic E-state index is 12.4. The second-order valence-electron chi connectivity index (χ2n) is 6.09. The number of anilines is 1. The van der Waals surface area contributed by atoms with Gasteiger partial charge in [0.2, 0.25) is 11.8 Å². The number of carbonyl (C=O) groups is 1. The first-order chi connectivity index (χ1) is 11.5. The fraction of sp³-hybridized carbons (Fsp3) is 0.500. The largest absolute Gasteiger partial charge is 0.422 e. The van der Waals surface area contributed by atoms with Crippen LogP contribution >= 0.6 is 0 Å². The number of ether oxygens (including phenoxy) is 1. The van der Waals surface area contributed by atoms with E-state index in [1.165, 1.54) is 0 Å². The molecule has 1 saturated heterocycles. The van der Waals surface area contributed by atoms with E-state index in [1.807, 2.05) is 32.9 Å². The lowest BCUT2D eigenvalue weighted by Gasteiger charge is -2.31. The summed E-state index contributed by atoms with van der Waals surface area (Å²) in [7, 11) is 0. The molecule has 1 N–H and O–H groups in total. The van der Waals surface area contributed by atoms with Crippen LogP contribution in [0.5, 0.6) is 0 Å². The van der Waals surface area contributed by atoms with Gasteiger partial charge in [0.1, 0.15) is 5.82 Å². The van der Waals surface area contributed by atoms with E-state index in [9.17, 15) is 4.79 Å². The second kappa shape index (κ2) is 6.96. The SMILES string of the molecule is Cc1ccnc(NC(=O)N2CCO[C@H](c3nnc(C(C)C)o3)C2)c1. The van der Waals surface area contributed by atoms with Crippen molar-refractivity contribution in [3.05, 3.63) is 35.7 Å². The summed E-state index contributed by atoms with van der Waals surface area (Å²) in [6.45, 7) is 7.18. The standard InChI is InChI=1S/C16H21N5O3/c1-10(2)14-19-20-15(24-14)12-9-21(6-7-23-12)16(22)18-13-8-11(3)4-5-17-13/h4-5,8,10,12H,6-7,9H2,1-3H3,(H,17,18,22)/t12-/m0/s1. The Bertz CT molecular complexity index is 715. The highest BCUT2D eigenvalue weighted by molar-refractivity contribution is 5.88. The first-order valence-electron chi connectivity index (χ1n) is 7.96. The Morgan fingerprint density at radius 1 is 1.42 bits per heavy atom. The van der Waals surface area contributed by atoms with Crippen LogP contribution in [0.25, 0.3) is 0 Å². The third kappa shape index (κ3) is 3.70. The predicted octanol–water partition coefficient (Wildman–Crippen LogP) is 2.50. The lowest BCUT2D eigenvalue weighted by atomic mass is 10.2. The van der Waals surface area contributed by atoms with Gasteiger partial charge in [-0.2, -0.15) is 0 Å². The second-order valence-corrected chi connectivity index (χ2v) is 6.09. The van der Waals surface area contributed by atoms with Crippen LogP contribution in [0.1, 0.15) is 43.2 Å². The number of aryl methyl sites for hydroxylation is 1. The van der Waals surface area contributed by atoms with Gasteiger partial charge in [0, 0.05) is 18.7 Å². The average molecular weight is 331 g/mol. The van der Waals surface area contributed by atoms with E-state index in [1.54, 1.807) is 11.1 Å². The molecule has 0 saturated carbocycles. The molecule has 0 radical (unpaired) electrons. The molecule has 8 nitrogen and oxygen atoms in total. The number of nitrogens with one attached hydrogen (secondary N) is 1. The van der Waals surface area contributed by atoms with Gasteiger partial charge in [-0.3, -0.25) is 5.32 Å². The van der Waals surface area contributed by atoms with Gasteiger partial charge < -0.3 is 14.1 Å². The highest BCUT2D eigenvalue weighted by atomic mass is 16.5. The fourth-order valence-corrected chi connectivity index (χ4v) is 2.39. The minimum Gasteiger partial charge on any atom is -0.422 e. The van der Waals surface area contributed by atoms with Crippen molar-refractivity contribution in [3.63, 3.8) is 0 Å². The molecule has 1 aliphatic rings. The van der Waals surface area contributed by atoms with E-state index in [0.717, 1.165) is 5.56 Å². The third-order valence-corrected chi connectivity index (χ3v) is 3.73. The number of nitrogens with zero attached hydrogens (tertiary/aromatic N) is 4. The van der Waals surface area contributed by atoms with Crippen LogP contribution in [0.3, 0.4) is 0 Å². The van der Waals surface area contributed by atoms with E-state index < -0.39 is 6.10 Å². The van der Waals surface area contributed by atoms with Gasteiger partial charge in [0.25, 0.3) is 0 Å². The highest BCUT2D eigenvalue weighted by Gasteiger charge is 2.29. The molecule has 0 unspecified atom stereocenters. The Kier molecular flexibility index (Phi) is 4.75. The molecule has 3 heterocycles. The summed E-state index contributed by atoms with van der Waals surface area (Å²) in [6.07, 6.45) is 1.26. The van der Waals surface area contributed by atoms with E-state index >= 15 is 0 Å². The average Bonchev–Trinajstić information content (AvgIpc) is 3.05. The van der Waals surface area contributed by atoms with Gasteiger partial charge in [-0.1, -0.05) is 13.8 Å². The van der Waals surface area contributed by atoms with E-state index in [2.05, 4.69) is 20.5 Å². The molecule has 24 heavy (non-hydrogen) atoms. The van der Waals surface area contributed by atoms with Crippen LogP contribution in [-0.2, 0) is 4.74 Å². The molecule has 8 heteroatoms. The number of urea groups is 1. The molecule has 2 aromatic heterocycles. The molecular weight excluding hydrogens is 310 g/mol. The molecule has 1 fully saturated rings. The van der Waals surface area contributed by atoms with Crippen molar-refractivity contribution >= 4 is 11.8 Å². The Labute approximate surface area is 140 Å². The summed E-state index contributed by atoms with van der Waals surface area (Å²) in [5.74, 6) is 1.66. The zero-order valence-electron chi connectivity index (χ0n) is 14.0. The van der Waals surface area contributed by atoms with Crippen LogP contribution in [0, 0.1) is 6.92 Å². The molecule has 3 rings (SSSR count). The molecule has 1 aliphatic heterocycles. The monoisotopic (exact) mass is 331 g/mol. The number of hydrogen-bond acceptors (Lipinski definition) is 6. The van der Waals surface area contributed by atoms with Gasteiger partial charge >= 0.3 is 6.03 Å². The van der Waals surface area contributed by atoms with Crippen molar-refractivity contribution in [1.29, 1.82) is 0 Å². The smallest absolute Gasteiger partial charge is 0.323 e. The topological polar surface area (TPSA) is 93.4 Å². The first kappa shape index (κ1) is 16.4. The van der Waals surface area contributed by atoms with Gasteiger partial charge in [0.05, 0.1) is 13.2 Å². The Morgan fingerprint density at radius 2 is 2.25 bits per heavy atom. The molecule has 1 atom stereocenters. The summed E-state index contributed by atoms with van der Waals surface area (Å²) in [4.78, 5) is 18.2. The minimum atomic E-state index is -0.407. The lowest BCUT2D eigenvalue weighted by Crippen LogP contribution is -2.44. The minimum absolute atomic E-state index is 0.154. The maximum atomic E-state index is 12.4. The maximum Gasteiger partial charge on any atom is 0.323 e. The number of pyridine rings is 1. The van der Waals surface area contributed by atoms with Gasteiger partial charge in [-0.05, 0) is 24.6 Å². The van der Waals surface area contributed by atoms with Crippen molar-refractivity contribution in [3.8, 4) is 0 Å². The Hall–Kier alpha value is -2.48. The van der Waals surface area contributed by atoms with Crippen LogP contribution < -0.4 is 5.32 Å². The normalized spacial score (nSPS) is 18.0. The summed E-state index contributed by atoms with van der Waals surface area (Å²) >= 11 is 0. The molecule has 2 aromatic rings. The number of carbonyl (C=O) groups excluding carboxylic acids is 1. The quantitative estimate of drug-likeness (QED) is 0.929. The van der Waals surface area contributed by atoms with Crippen LogP contribution in [0.2, 0.25) is 0 Å². The summed E-state index contributed by atoms with van der Waals surface area (Å²) in [5.41, 5.74) is 1.03. The van der Waals surface area contributed by atoms with Crippen LogP contribution in [-0.4, -0.2) is 45.8 Å². The number of aromatic nitrogens is 3. The van der Waals surface area contributed by atoms with Crippen molar-refractivity contribution in [2.45, 2.75) is 32.8 Å². The summed E-state index contributed by atoms with van der Waals surface area (Å²) in [5, 5.41) is 10.9. The van der Waals surface area contributed by atoms with Gasteiger partial charge in [-0.25, -0.2) is 9.78 Å². The van der Waals surface area contributed by atoms with Crippen molar-refractivity contribution in [1.82, 2.24) is 20.1 Å². The molecule has 0 aromatic carbocycles. The molecule has 2 amide bonds. The van der Waals surface area contributed by atoms with E-state index in [4.69, 9.17) is 9.15 Å². The third-order valence-electron chi connectivity index (χ3n) is 3.73. The van der Waals surface area contributed by atoms with Crippen LogP contribution in [0.4, 0.5) is 10.6 Å². The van der Waals surface area contributed by atoms with Crippen molar-refractivity contribution in [2.75, 3.05) is 25.0 Å². The van der Waals surface area contributed by atoms with Gasteiger partial charge in [0.15, 0.2) is 6.10 Å². The molecular formula is C16H21N5O3. The highest BCUT2D eigenvalue weighted by Crippen LogP contribution is 2.23. The number of hydrogen-bond donors (Lipinski definition) is 1. The summed E-state index contributed by atoms with van der Waals surface area (Å²) in [6, 6.07) is 3.48. The zero-order valence-corrected chi connectivity index (χ0v) is 14.0. The zero-order chi connectivity index (χ0) is 17.1. The van der Waals surface area contributed by atoms with Crippen LogP contribution in [0.15, 0.2) is 22.7 Å². The Morgan fingerprint density at radius 3 is 2.96 bits per heavy atom. The first-order valence-corrected chi connectivity index (χ1v) is 7.96.